The summed E-state index contributed by atoms with van der Waals surface area (Å²) in [6.45, 7) is 5.74. The molecule has 0 aromatic heterocycles. The molecule has 0 saturated carbocycles. The van der Waals surface area contributed by atoms with E-state index < -0.39 is 17.7 Å². The highest BCUT2D eigenvalue weighted by Gasteiger charge is 2.46. The van der Waals surface area contributed by atoms with E-state index in [9.17, 15) is 14.7 Å². The van der Waals surface area contributed by atoms with Crippen molar-refractivity contribution in [2.45, 2.75) is 26.3 Å². The van der Waals surface area contributed by atoms with Crippen LogP contribution in [0.15, 0.2) is 54.1 Å². The summed E-state index contributed by atoms with van der Waals surface area (Å²) in [5.41, 5.74) is 2.51. The molecule has 6 nitrogen and oxygen atoms in total. The summed E-state index contributed by atoms with van der Waals surface area (Å²) < 4.78 is 5.60. The van der Waals surface area contributed by atoms with Gasteiger partial charge < -0.3 is 19.6 Å². The molecule has 1 aliphatic rings. The Morgan fingerprint density at radius 1 is 1.06 bits per heavy atom. The molecular weight excluding hydrogens is 392 g/mol. The number of rotatable bonds is 8. The number of nitrogens with one attached hydrogen (secondary N) is 1. The van der Waals surface area contributed by atoms with Gasteiger partial charge in [-0.2, -0.15) is 0 Å². The third-order valence-electron chi connectivity index (χ3n) is 5.39. The Bertz CT molecular complexity index is 962. The van der Waals surface area contributed by atoms with Crippen LogP contribution in [0.2, 0.25) is 0 Å². The van der Waals surface area contributed by atoms with Crippen molar-refractivity contribution in [2.24, 2.45) is 0 Å². The zero-order valence-electron chi connectivity index (χ0n) is 18.6. The molecule has 0 bridgehead atoms. The molecule has 0 unspecified atom stereocenters. The SMILES string of the molecule is CCCOc1ccc(C(O)=C2C(=O)C(=O)N(CC[NH+](C)C)[C@@H]2c2ccc(C)cc2)cc1. The molecule has 1 atom stereocenters. The number of amides is 1. The zero-order chi connectivity index (χ0) is 22.5. The molecule has 2 aromatic rings. The average Bonchev–Trinajstić information content (AvgIpc) is 3.01. The highest BCUT2D eigenvalue weighted by molar-refractivity contribution is 6.46. The van der Waals surface area contributed by atoms with E-state index in [0.717, 1.165) is 17.5 Å². The largest absolute Gasteiger partial charge is 0.507 e. The van der Waals surface area contributed by atoms with E-state index in [1.54, 1.807) is 29.2 Å². The Kier molecular flexibility index (Phi) is 7.13. The van der Waals surface area contributed by atoms with Crippen molar-refractivity contribution in [3.05, 3.63) is 70.8 Å². The van der Waals surface area contributed by atoms with Gasteiger partial charge in [0.05, 0.1) is 45.4 Å². The summed E-state index contributed by atoms with van der Waals surface area (Å²) >= 11 is 0. The molecule has 0 aliphatic carbocycles. The minimum absolute atomic E-state index is 0.129. The number of aryl methyl sites for hydroxylation is 1. The minimum Gasteiger partial charge on any atom is -0.507 e. The van der Waals surface area contributed by atoms with Crippen molar-refractivity contribution in [1.29, 1.82) is 0 Å². The number of carbonyl (C=O) groups is 2. The molecule has 0 radical (unpaired) electrons. The van der Waals surface area contributed by atoms with Crippen LogP contribution in [0.25, 0.3) is 5.76 Å². The summed E-state index contributed by atoms with van der Waals surface area (Å²) in [7, 11) is 4.00. The number of ketones is 1. The second kappa shape index (κ2) is 9.79. The van der Waals surface area contributed by atoms with E-state index in [1.807, 2.05) is 52.2 Å². The molecule has 1 fully saturated rings. The van der Waals surface area contributed by atoms with Crippen LogP contribution >= 0.6 is 0 Å². The van der Waals surface area contributed by atoms with Gasteiger partial charge in [-0.3, -0.25) is 9.59 Å². The third-order valence-corrected chi connectivity index (χ3v) is 5.39. The van der Waals surface area contributed by atoms with Gasteiger partial charge >= 0.3 is 0 Å². The normalized spacial score (nSPS) is 18.1. The third kappa shape index (κ3) is 4.97. The molecule has 2 aromatic carbocycles. The fourth-order valence-electron chi connectivity index (χ4n) is 3.63. The van der Waals surface area contributed by atoms with Gasteiger partial charge in [-0.05, 0) is 43.2 Å². The first-order valence-electron chi connectivity index (χ1n) is 10.7. The Hall–Kier alpha value is -3.12. The van der Waals surface area contributed by atoms with E-state index in [2.05, 4.69) is 0 Å². The van der Waals surface area contributed by atoms with Crippen LogP contribution in [-0.2, 0) is 9.59 Å². The number of benzene rings is 2. The van der Waals surface area contributed by atoms with E-state index in [1.165, 1.54) is 4.90 Å². The van der Waals surface area contributed by atoms with Crippen LogP contribution in [0.4, 0.5) is 0 Å². The molecule has 31 heavy (non-hydrogen) atoms. The molecule has 164 valence electrons. The van der Waals surface area contributed by atoms with Crippen molar-refractivity contribution in [1.82, 2.24) is 4.90 Å². The highest BCUT2D eigenvalue weighted by atomic mass is 16.5. The summed E-state index contributed by atoms with van der Waals surface area (Å²) in [4.78, 5) is 28.6. The van der Waals surface area contributed by atoms with Gasteiger partial charge in [0.15, 0.2) is 0 Å². The molecular formula is C25H31N2O4+. The number of aliphatic hydroxyl groups is 1. The summed E-state index contributed by atoms with van der Waals surface area (Å²) in [5, 5.41) is 11.1. The number of Topliss-reactive ketones (excluding diaryl/α,β-unsaturated/α-hetero) is 1. The molecule has 1 aliphatic heterocycles. The van der Waals surface area contributed by atoms with E-state index in [0.29, 0.717) is 31.0 Å². The van der Waals surface area contributed by atoms with Crippen LogP contribution in [0, 0.1) is 6.92 Å². The molecule has 1 amide bonds. The number of nitrogens with zero attached hydrogens (tertiary/aromatic N) is 1. The fourth-order valence-corrected chi connectivity index (χ4v) is 3.63. The minimum atomic E-state index is -0.650. The Morgan fingerprint density at radius 2 is 1.71 bits per heavy atom. The lowest BCUT2D eigenvalue weighted by Crippen LogP contribution is -3.06. The van der Waals surface area contributed by atoms with Gasteiger partial charge in [0.2, 0.25) is 0 Å². The van der Waals surface area contributed by atoms with Crippen LogP contribution in [0.1, 0.15) is 36.1 Å². The van der Waals surface area contributed by atoms with Crippen molar-refractivity contribution < 1.29 is 24.3 Å². The molecule has 0 spiro atoms. The zero-order valence-corrected chi connectivity index (χ0v) is 18.6. The first-order chi connectivity index (χ1) is 14.8. The summed E-state index contributed by atoms with van der Waals surface area (Å²) in [6.07, 6.45) is 0.899. The topological polar surface area (TPSA) is 71.3 Å². The number of likely N-dealkylation sites (N-methyl/N-ethyl adjacent to an activating group) is 1. The molecule has 2 N–H and O–H groups in total. The van der Waals surface area contributed by atoms with E-state index >= 15 is 0 Å². The standard InChI is InChI=1S/C25H30N2O4/c1-5-16-31-20-12-10-19(11-13-20)23(28)21-22(18-8-6-17(2)7-9-18)27(15-14-26(3)4)25(30)24(21)29/h6-13,22,28H,5,14-16H2,1-4H3/p+1/t22-/m1/s1. The maximum absolute atomic E-state index is 13.0. The van der Waals surface area contributed by atoms with Gasteiger partial charge in [0, 0.05) is 5.56 Å². The van der Waals surface area contributed by atoms with Crippen LogP contribution in [0.5, 0.6) is 5.75 Å². The lowest BCUT2D eigenvalue weighted by Gasteiger charge is -2.25. The number of hydrogen-bond donors (Lipinski definition) is 2. The molecule has 6 heteroatoms. The monoisotopic (exact) mass is 423 g/mol. The number of hydrogen-bond acceptors (Lipinski definition) is 4. The quantitative estimate of drug-likeness (QED) is 0.389. The molecule has 3 rings (SSSR count). The van der Waals surface area contributed by atoms with Gasteiger partial charge in [0.1, 0.15) is 11.5 Å². The Labute approximate surface area is 183 Å². The van der Waals surface area contributed by atoms with Crippen LogP contribution in [0.3, 0.4) is 0 Å². The average molecular weight is 424 g/mol. The number of carbonyl (C=O) groups excluding carboxylic acids is 2. The van der Waals surface area contributed by atoms with Gasteiger partial charge in [0.25, 0.3) is 11.7 Å². The Balaban J connectivity index is 2.04. The second-order valence-electron chi connectivity index (χ2n) is 8.23. The summed E-state index contributed by atoms with van der Waals surface area (Å²) in [5.74, 6) is -0.687. The van der Waals surface area contributed by atoms with Crippen LogP contribution in [-0.4, -0.2) is 55.5 Å². The predicted octanol–water partition coefficient (Wildman–Crippen LogP) is 2.35. The first kappa shape index (κ1) is 22.6. The number of ether oxygens (including phenoxy) is 1. The number of quaternary nitrogens is 1. The van der Waals surface area contributed by atoms with Gasteiger partial charge in [-0.1, -0.05) is 36.8 Å². The van der Waals surface area contributed by atoms with Crippen molar-refractivity contribution in [3.8, 4) is 5.75 Å². The number of likely N-dealkylation sites (tertiary alicyclic amines) is 1. The smallest absolute Gasteiger partial charge is 0.295 e. The summed E-state index contributed by atoms with van der Waals surface area (Å²) in [6, 6.07) is 14.1. The Morgan fingerprint density at radius 3 is 2.29 bits per heavy atom. The predicted molar refractivity (Wildman–Crippen MR) is 120 cm³/mol. The van der Waals surface area contributed by atoms with Crippen molar-refractivity contribution in [2.75, 3.05) is 33.8 Å². The maximum Gasteiger partial charge on any atom is 0.295 e. The molecule has 1 saturated heterocycles. The lowest BCUT2D eigenvalue weighted by molar-refractivity contribution is -0.857. The lowest BCUT2D eigenvalue weighted by atomic mass is 9.94. The van der Waals surface area contributed by atoms with Crippen molar-refractivity contribution in [3.63, 3.8) is 0 Å². The molecule has 1 heterocycles. The van der Waals surface area contributed by atoms with Crippen molar-refractivity contribution >= 4 is 17.4 Å². The number of aliphatic hydroxyl groups excluding tert-OH is 1. The second-order valence-corrected chi connectivity index (χ2v) is 8.23. The first-order valence-corrected chi connectivity index (χ1v) is 10.7. The maximum atomic E-state index is 13.0. The van der Waals surface area contributed by atoms with Crippen LogP contribution < -0.4 is 9.64 Å². The highest BCUT2D eigenvalue weighted by Crippen LogP contribution is 2.39. The van der Waals surface area contributed by atoms with Gasteiger partial charge in [-0.25, -0.2) is 0 Å². The van der Waals surface area contributed by atoms with E-state index in [-0.39, 0.29) is 11.3 Å². The van der Waals surface area contributed by atoms with E-state index in [4.69, 9.17) is 4.74 Å². The fraction of sp³-hybridized carbons (Fsp3) is 0.360. The van der Waals surface area contributed by atoms with Gasteiger partial charge in [-0.15, -0.1) is 0 Å².